The maximum Gasteiger partial charge on any atom is 0.126 e. The van der Waals surface area contributed by atoms with Gasteiger partial charge in [0.15, 0.2) is 0 Å². The number of hydrogen-bond acceptors (Lipinski definition) is 3. The zero-order chi connectivity index (χ0) is 11.8. The van der Waals surface area contributed by atoms with Crippen molar-refractivity contribution in [3.05, 3.63) is 58.4 Å². The van der Waals surface area contributed by atoms with Gasteiger partial charge in [-0.2, -0.15) is 0 Å². The highest BCUT2D eigenvalue weighted by atomic mass is 35.5. The summed E-state index contributed by atoms with van der Waals surface area (Å²) in [6.45, 7) is 0.476. The van der Waals surface area contributed by atoms with Gasteiger partial charge in [0.2, 0.25) is 0 Å². The van der Waals surface area contributed by atoms with Crippen LogP contribution < -0.4 is 10.5 Å². The van der Waals surface area contributed by atoms with Crippen molar-refractivity contribution in [1.29, 1.82) is 0 Å². The van der Waals surface area contributed by atoms with Gasteiger partial charge in [-0.3, -0.25) is 4.98 Å². The van der Waals surface area contributed by atoms with Crippen LogP contribution in [0.5, 0.6) is 5.75 Å². The molecular weight excluding hydrogens is 236 g/mol. The van der Waals surface area contributed by atoms with Gasteiger partial charge >= 0.3 is 0 Å². The van der Waals surface area contributed by atoms with E-state index in [1.807, 2.05) is 30.3 Å². The van der Waals surface area contributed by atoms with E-state index in [4.69, 9.17) is 22.1 Å². The minimum absolute atomic E-state index is 0.336. The number of nitrogens with zero attached hydrogens (tertiary/aromatic N) is 1. The van der Waals surface area contributed by atoms with Crippen LogP contribution in [0.1, 0.15) is 22.9 Å². The molecule has 0 spiro atoms. The Bertz CT molecular complexity index is 571. The van der Waals surface area contributed by atoms with Crippen molar-refractivity contribution >= 4 is 11.6 Å². The fourth-order valence-corrected chi connectivity index (χ4v) is 2.37. The molecule has 0 bridgehead atoms. The van der Waals surface area contributed by atoms with Crippen molar-refractivity contribution < 1.29 is 4.74 Å². The number of pyridine rings is 1. The Morgan fingerprint density at radius 2 is 2.18 bits per heavy atom. The first-order valence-electron chi connectivity index (χ1n) is 5.38. The molecule has 1 unspecified atom stereocenters. The Kier molecular flexibility index (Phi) is 2.50. The molecule has 0 radical (unpaired) electrons. The SMILES string of the molecule is NC1c2ncccc2COc2cccc(Cl)c21. The third kappa shape index (κ3) is 1.68. The van der Waals surface area contributed by atoms with E-state index in [-0.39, 0.29) is 6.04 Å². The van der Waals surface area contributed by atoms with Crippen LogP contribution in [-0.4, -0.2) is 4.98 Å². The summed E-state index contributed by atoms with van der Waals surface area (Å²) < 4.78 is 5.72. The second kappa shape index (κ2) is 4.02. The minimum atomic E-state index is -0.336. The number of ether oxygens (including phenoxy) is 1. The molecule has 3 nitrogen and oxygen atoms in total. The quantitative estimate of drug-likeness (QED) is 0.778. The summed E-state index contributed by atoms with van der Waals surface area (Å²) in [6.07, 6.45) is 1.74. The second-order valence-electron chi connectivity index (χ2n) is 3.97. The number of aromatic nitrogens is 1. The predicted molar refractivity (Wildman–Crippen MR) is 66.1 cm³/mol. The average molecular weight is 247 g/mol. The van der Waals surface area contributed by atoms with E-state index in [0.717, 1.165) is 22.6 Å². The molecule has 2 N–H and O–H groups in total. The van der Waals surface area contributed by atoms with Crippen LogP contribution in [0.4, 0.5) is 0 Å². The van der Waals surface area contributed by atoms with Crippen molar-refractivity contribution in [3.8, 4) is 5.75 Å². The van der Waals surface area contributed by atoms with Crippen molar-refractivity contribution in [2.75, 3.05) is 0 Å². The molecule has 2 heterocycles. The highest BCUT2D eigenvalue weighted by Gasteiger charge is 2.24. The van der Waals surface area contributed by atoms with Gasteiger partial charge in [0.05, 0.1) is 11.7 Å². The Labute approximate surface area is 104 Å². The molecule has 0 aliphatic carbocycles. The maximum atomic E-state index is 6.23. The molecule has 1 atom stereocenters. The zero-order valence-corrected chi connectivity index (χ0v) is 9.82. The van der Waals surface area contributed by atoms with Gasteiger partial charge in [-0.25, -0.2) is 0 Å². The number of halogens is 1. The standard InChI is InChI=1S/C13H11ClN2O/c14-9-4-1-5-10-11(9)12(15)13-8(7-17-10)3-2-6-16-13/h1-6,12H,7,15H2. The van der Waals surface area contributed by atoms with Crippen LogP contribution in [0.2, 0.25) is 5.02 Å². The van der Waals surface area contributed by atoms with E-state index in [0.29, 0.717) is 11.6 Å². The van der Waals surface area contributed by atoms with Crippen LogP contribution in [0.3, 0.4) is 0 Å². The highest BCUT2D eigenvalue weighted by Crippen LogP contribution is 2.37. The number of hydrogen-bond donors (Lipinski definition) is 1. The molecule has 2 aromatic rings. The Morgan fingerprint density at radius 3 is 3.06 bits per heavy atom. The van der Waals surface area contributed by atoms with Gasteiger partial charge in [-0.05, 0) is 18.2 Å². The van der Waals surface area contributed by atoms with Gasteiger partial charge in [0.1, 0.15) is 12.4 Å². The summed E-state index contributed by atoms with van der Waals surface area (Å²) in [7, 11) is 0. The van der Waals surface area contributed by atoms with Crippen LogP contribution in [0, 0.1) is 0 Å². The van der Waals surface area contributed by atoms with Crippen molar-refractivity contribution in [2.45, 2.75) is 12.6 Å². The molecule has 4 heteroatoms. The molecule has 0 saturated carbocycles. The largest absolute Gasteiger partial charge is 0.488 e. The zero-order valence-electron chi connectivity index (χ0n) is 9.06. The van der Waals surface area contributed by atoms with Gasteiger partial charge < -0.3 is 10.5 Å². The predicted octanol–water partition coefficient (Wildman–Crippen LogP) is 2.68. The number of fused-ring (bicyclic) bond motifs is 2. The summed E-state index contributed by atoms with van der Waals surface area (Å²) in [4.78, 5) is 4.34. The molecule has 1 aliphatic rings. The topological polar surface area (TPSA) is 48.1 Å². The summed E-state index contributed by atoms with van der Waals surface area (Å²) in [5, 5.41) is 0.619. The van der Waals surface area contributed by atoms with Crippen LogP contribution >= 0.6 is 11.6 Å². The Balaban J connectivity index is 2.22. The fourth-order valence-electron chi connectivity index (χ4n) is 2.09. The third-order valence-corrected chi connectivity index (χ3v) is 3.26. The summed E-state index contributed by atoms with van der Waals surface area (Å²) in [6, 6.07) is 9.08. The van der Waals surface area contributed by atoms with E-state index in [1.54, 1.807) is 6.20 Å². The summed E-state index contributed by atoms with van der Waals surface area (Å²) in [5.41, 5.74) is 8.88. The molecule has 0 saturated heterocycles. The lowest BCUT2D eigenvalue weighted by Crippen LogP contribution is -2.14. The Hall–Kier alpha value is -1.58. The molecule has 17 heavy (non-hydrogen) atoms. The second-order valence-corrected chi connectivity index (χ2v) is 4.37. The van der Waals surface area contributed by atoms with E-state index < -0.39 is 0 Å². The Morgan fingerprint density at radius 1 is 1.29 bits per heavy atom. The van der Waals surface area contributed by atoms with E-state index in [2.05, 4.69) is 4.98 Å². The lowest BCUT2D eigenvalue weighted by atomic mass is 10.0. The smallest absolute Gasteiger partial charge is 0.126 e. The van der Waals surface area contributed by atoms with E-state index in [1.165, 1.54) is 0 Å². The normalized spacial score (nSPS) is 17.6. The minimum Gasteiger partial charge on any atom is -0.488 e. The fraction of sp³-hybridized carbons (Fsp3) is 0.154. The van der Waals surface area contributed by atoms with Gasteiger partial charge in [-0.1, -0.05) is 23.7 Å². The monoisotopic (exact) mass is 246 g/mol. The number of nitrogens with two attached hydrogens (primary N) is 1. The van der Waals surface area contributed by atoms with Crippen LogP contribution in [-0.2, 0) is 6.61 Å². The highest BCUT2D eigenvalue weighted by molar-refractivity contribution is 6.31. The first-order valence-corrected chi connectivity index (χ1v) is 5.76. The molecule has 3 rings (SSSR count). The van der Waals surface area contributed by atoms with Crippen molar-refractivity contribution in [3.63, 3.8) is 0 Å². The average Bonchev–Trinajstić information content (AvgIpc) is 2.49. The summed E-state index contributed by atoms with van der Waals surface area (Å²) >= 11 is 6.19. The van der Waals surface area contributed by atoms with Crippen molar-refractivity contribution in [1.82, 2.24) is 4.98 Å². The molecule has 0 amide bonds. The molecule has 1 aromatic heterocycles. The van der Waals surface area contributed by atoms with Crippen LogP contribution in [0.25, 0.3) is 0 Å². The molecule has 0 fully saturated rings. The van der Waals surface area contributed by atoms with E-state index in [9.17, 15) is 0 Å². The van der Waals surface area contributed by atoms with Crippen molar-refractivity contribution in [2.24, 2.45) is 5.73 Å². The molecular formula is C13H11ClN2O. The molecule has 1 aliphatic heterocycles. The lowest BCUT2D eigenvalue weighted by molar-refractivity contribution is 0.306. The number of rotatable bonds is 0. The lowest BCUT2D eigenvalue weighted by Gasteiger charge is -2.14. The molecule has 86 valence electrons. The first kappa shape index (κ1) is 10.6. The van der Waals surface area contributed by atoms with Gasteiger partial charge in [0.25, 0.3) is 0 Å². The summed E-state index contributed by atoms with van der Waals surface area (Å²) in [5.74, 6) is 0.739. The number of benzene rings is 1. The first-order chi connectivity index (χ1) is 8.27. The van der Waals surface area contributed by atoms with Gasteiger partial charge in [-0.15, -0.1) is 0 Å². The third-order valence-electron chi connectivity index (χ3n) is 2.93. The van der Waals surface area contributed by atoms with Gasteiger partial charge in [0, 0.05) is 22.3 Å². The van der Waals surface area contributed by atoms with E-state index >= 15 is 0 Å². The maximum absolute atomic E-state index is 6.23. The molecule has 1 aromatic carbocycles. The van der Waals surface area contributed by atoms with Crippen LogP contribution in [0.15, 0.2) is 36.5 Å².